The number of nitrogens with one attached hydrogen (secondary N) is 2. The molecular weight excluding hydrogens is 603 g/mol. The van der Waals surface area contributed by atoms with Crippen molar-refractivity contribution in [2.45, 2.75) is 33.5 Å². The Labute approximate surface area is 260 Å². The van der Waals surface area contributed by atoms with E-state index in [2.05, 4.69) is 30.7 Å². The third kappa shape index (κ3) is 7.54. The number of fused-ring (bicyclic) bond motifs is 1. The summed E-state index contributed by atoms with van der Waals surface area (Å²) >= 11 is 0. The summed E-state index contributed by atoms with van der Waals surface area (Å²) in [6.07, 6.45) is 1.21. The number of nitrogen functional groups attached to an aromatic ring is 1. The number of carbonyl (C=O) groups is 3. The number of aromatic carboxylic acids is 1. The van der Waals surface area contributed by atoms with Crippen molar-refractivity contribution in [3.63, 3.8) is 0 Å². The smallest absolute Gasteiger partial charge is 0.354 e. The van der Waals surface area contributed by atoms with Crippen LogP contribution in [0.1, 0.15) is 68.4 Å². The first-order chi connectivity index (χ1) is 21.4. The number of rotatable bonds is 9. The van der Waals surface area contributed by atoms with Crippen LogP contribution in [0.15, 0.2) is 64.3 Å². The van der Waals surface area contributed by atoms with Gasteiger partial charge in [-0.1, -0.05) is 30.8 Å². The van der Waals surface area contributed by atoms with Crippen molar-refractivity contribution in [2.75, 3.05) is 18.2 Å². The van der Waals surface area contributed by atoms with E-state index < -0.39 is 28.6 Å². The summed E-state index contributed by atoms with van der Waals surface area (Å²) in [7, 11) is 1.36. The molecule has 0 aliphatic rings. The monoisotopic (exact) mass is 634 g/mol. The highest BCUT2D eigenvalue weighted by Gasteiger charge is 2.19. The molecule has 16 heteroatoms. The third-order valence-corrected chi connectivity index (χ3v) is 6.54. The first-order valence-electron chi connectivity index (χ1n) is 13.2. The van der Waals surface area contributed by atoms with Gasteiger partial charge in [-0.3, -0.25) is 14.4 Å². The Morgan fingerprint density at radius 2 is 1.76 bits per heavy atom. The Balaban J connectivity index is 0.000000347. The van der Waals surface area contributed by atoms with Gasteiger partial charge in [0.2, 0.25) is 0 Å². The number of esters is 1. The summed E-state index contributed by atoms with van der Waals surface area (Å²) in [5.41, 5.74) is 11.2. The molecule has 1 amide bonds. The van der Waals surface area contributed by atoms with E-state index in [1.165, 1.54) is 31.5 Å². The van der Waals surface area contributed by atoms with Crippen molar-refractivity contribution in [3.05, 3.63) is 115 Å². The fourth-order valence-corrected chi connectivity index (χ4v) is 4.05. The van der Waals surface area contributed by atoms with Crippen LogP contribution in [-0.4, -0.2) is 49.9 Å². The minimum atomic E-state index is -1.31. The van der Waals surface area contributed by atoms with E-state index in [-0.39, 0.29) is 66.5 Å². The summed E-state index contributed by atoms with van der Waals surface area (Å²) in [6, 6.07) is 12.2. The molecule has 240 valence electrons. The average Bonchev–Trinajstić information content (AvgIpc) is 3.52. The number of carbonyl (C=O) groups excluding carboxylic acids is 2. The van der Waals surface area contributed by atoms with Crippen LogP contribution in [0.4, 0.5) is 15.8 Å². The highest BCUT2D eigenvalue weighted by atomic mass is 19.1. The number of carboxylic acids is 1. The van der Waals surface area contributed by atoms with Gasteiger partial charge in [-0.15, -0.1) is 5.10 Å². The number of nitrogens with zero attached hydrogens (tertiary/aromatic N) is 4. The van der Waals surface area contributed by atoms with Gasteiger partial charge in [-0.25, -0.2) is 19.0 Å². The SMILES string of the molecule is C.COC(=O)c1ccc([C@H](C)N)cc1.Nc1c(NCc2cc(CNC(=O)c3cc(C(=O)O)n4nncc4n3)ccc2F)c(=O)c1=O. The molecule has 0 saturated heterocycles. The van der Waals surface area contributed by atoms with Crippen LogP contribution in [0, 0.1) is 5.82 Å². The zero-order chi connectivity index (χ0) is 32.8. The number of benzene rings is 2. The van der Waals surface area contributed by atoms with Gasteiger partial charge in [-0.2, -0.15) is 4.52 Å². The van der Waals surface area contributed by atoms with Crippen LogP contribution < -0.4 is 33.0 Å². The zero-order valence-electron chi connectivity index (χ0n) is 23.9. The molecule has 1 atom stereocenters. The number of nitrogens with two attached hydrogens (primary N) is 2. The first-order valence-corrected chi connectivity index (χ1v) is 13.2. The highest BCUT2D eigenvalue weighted by molar-refractivity contribution is 5.96. The first kappa shape index (κ1) is 34.5. The molecule has 0 radical (unpaired) electrons. The van der Waals surface area contributed by atoms with Gasteiger partial charge in [0.1, 0.15) is 22.9 Å². The fourth-order valence-electron chi connectivity index (χ4n) is 4.05. The van der Waals surface area contributed by atoms with Crippen molar-refractivity contribution in [1.29, 1.82) is 0 Å². The number of hydrogen-bond acceptors (Lipinski definition) is 12. The van der Waals surface area contributed by atoms with Crippen LogP contribution >= 0.6 is 0 Å². The minimum Gasteiger partial charge on any atom is -0.477 e. The molecule has 15 nitrogen and oxygen atoms in total. The molecule has 0 unspecified atom stereocenters. The second kappa shape index (κ2) is 14.6. The standard InChI is InChI=1S/C19H14FN7O5.C10H13NO2.CH4/c20-10-2-1-8(3-9(10)6-22-15-14(21)16(28)17(15)29)5-23-18(30)11-4-12(19(31)32)27-13(25-11)7-24-26-27;1-7(11)8-3-5-9(6-4-8)10(12)13-2;/h1-4,7,22H,5-6,21H2,(H,23,30)(H,31,32);3-7H,11H2,1-2H3;1H4/t;7-;/m.0./s1. The van der Waals surface area contributed by atoms with Crippen LogP contribution in [0.5, 0.6) is 0 Å². The van der Waals surface area contributed by atoms with Crippen molar-refractivity contribution in [1.82, 2.24) is 25.1 Å². The topological polar surface area (TPSA) is 234 Å². The predicted octanol–water partition coefficient (Wildman–Crippen LogP) is 1.81. The molecule has 0 saturated carbocycles. The van der Waals surface area contributed by atoms with Crippen molar-refractivity contribution in [2.24, 2.45) is 5.73 Å². The van der Waals surface area contributed by atoms with Crippen LogP contribution in [0.3, 0.4) is 0 Å². The molecule has 2 heterocycles. The van der Waals surface area contributed by atoms with Gasteiger partial charge < -0.3 is 31.9 Å². The summed E-state index contributed by atoms with van der Waals surface area (Å²) < 4.78 is 19.7. The lowest BCUT2D eigenvalue weighted by Crippen LogP contribution is -2.37. The number of hydrogen-bond donors (Lipinski definition) is 5. The normalized spacial score (nSPS) is 11.1. The van der Waals surface area contributed by atoms with Crippen molar-refractivity contribution < 1.29 is 28.6 Å². The molecule has 5 rings (SSSR count). The molecule has 0 aliphatic heterocycles. The highest BCUT2D eigenvalue weighted by Crippen LogP contribution is 2.16. The number of methoxy groups -OCH3 is 1. The number of anilines is 2. The Morgan fingerprint density at radius 1 is 1.07 bits per heavy atom. The van der Waals surface area contributed by atoms with Crippen molar-refractivity contribution in [3.8, 4) is 0 Å². The van der Waals surface area contributed by atoms with Crippen LogP contribution in [-0.2, 0) is 17.8 Å². The lowest BCUT2D eigenvalue weighted by atomic mass is 10.1. The lowest BCUT2D eigenvalue weighted by Gasteiger charge is -2.12. The van der Waals surface area contributed by atoms with Gasteiger partial charge in [0.25, 0.3) is 16.8 Å². The number of aromatic nitrogens is 4. The Bertz CT molecular complexity index is 1970. The van der Waals surface area contributed by atoms with E-state index in [0.29, 0.717) is 11.1 Å². The molecule has 2 aromatic heterocycles. The summed E-state index contributed by atoms with van der Waals surface area (Å²) in [5, 5.41) is 21.7. The quantitative estimate of drug-likeness (QED) is 0.115. The molecule has 5 aromatic rings. The van der Waals surface area contributed by atoms with Crippen LogP contribution in [0.25, 0.3) is 5.65 Å². The maximum Gasteiger partial charge on any atom is 0.354 e. The molecule has 7 N–H and O–H groups in total. The lowest BCUT2D eigenvalue weighted by molar-refractivity contribution is 0.0599. The number of ether oxygens (including phenoxy) is 1. The predicted molar refractivity (Wildman–Crippen MR) is 166 cm³/mol. The largest absolute Gasteiger partial charge is 0.477 e. The van der Waals surface area contributed by atoms with E-state index in [9.17, 15) is 33.5 Å². The molecule has 0 fully saturated rings. The number of halogens is 1. The van der Waals surface area contributed by atoms with E-state index in [0.717, 1.165) is 16.1 Å². The summed E-state index contributed by atoms with van der Waals surface area (Å²) in [5.74, 6) is -2.85. The summed E-state index contributed by atoms with van der Waals surface area (Å²) in [6.45, 7) is 1.78. The zero-order valence-corrected chi connectivity index (χ0v) is 23.9. The second-order valence-electron chi connectivity index (χ2n) is 9.65. The number of amides is 1. The third-order valence-electron chi connectivity index (χ3n) is 6.54. The van der Waals surface area contributed by atoms with Gasteiger partial charge in [-0.05, 0) is 42.3 Å². The van der Waals surface area contributed by atoms with E-state index >= 15 is 0 Å². The molecule has 46 heavy (non-hydrogen) atoms. The van der Waals surface area contributed by atoms with Gasteiger partial charge in [0.05, 0.1) is 18.9 Å². The van der Waals surface area contributed by atoms with Crippen molar-refractivity contribution >= 4 is 34.9 Å². The van der Waals surface area contributed by atoms with Gasteiger partial charge >= 0.3 is 11.9 Å². The maximum absolute atomic E-state index is 14.1. The van der Waals surface area contributed by atoms with E-state index in [1.807, 2.05) is 19.1 Å². The Hall–Kier alpha value is -6.03. The molecule has 0 bridgehead atoms. The second-order valence-corrected chi connectivity index (χ2v) is 9.65. The molecular formula is C30H31FN8O7. The van der Waals surface area contributed by atoms with E-state index in [4.69, 9.17) is 11.5 Å². The average molecular weight is 635 g/mol. The summed E-state index contributed by atoms with van der Waals surface area (Å²) in [4.78, 5) is 61.5. The minimum absolute atomic E-state index is 0. The fraction of sp³-hybridized carbons (Fsp3) is 0.200. The van der Waals surface area contributed by atoms with Gasteiger partial charge in [0, 0.05) is 30.8 Å². The van der Waals surface area contributed by atoms with Crippen LogP contribution in [0.2, 0.25) is 0 Å². The number of carboxylic acid groups (broad SMARTS) is 1. The molecule has 0 spiro atoms. The maximum atomic E-state index is 14.1. The Morgan fingerprint density at radius 3 is 2.37 bits per heavy atom. The molecule has 0 aliphatic carbocycles. The Kier molecular flexibility index (Phi) is 11.0. The molecule has 3 aromatic carbocycles. The van der Waals surface area contributed by atoms with Gasteiger partial charge in [0.15, 0.2) is 11.3 Å². The van der Waals surface area contributed by atoms with E-state index in [1.54, 1.807) is 12.1 Å².